The predicted octanol–water partition coefficient (Wildman–Crippen LogP) is 2.21. The number of aromatic amines is 1. The summed E-state index contributed by atoms with van der Waals surface area (Å²) in [5.74, 6) is 0.142. The van der Waals surface area contributed by atoms with Crippen LogP contribution in [0.15, 0.2) is 22.7 Å². The summed E-state index contributed by atoms with van der Waals surface area (Å²) in [7, 11) is 0. The first kappa shape index (κ1) is 15.8. The Kier molecular flexibility index (Phi) is 3.43. The van der Waals surface area contributed by atoms with Gasteiger partial charge in [-0.15, -0.1) is 0 Å². The van der Waals surface area contributed by atoms with Gasteiger partial charge in [0.25, 0.3) is 5.91 Å². The molecule has 1 aliphatic heterocycles. The van der Waals surface area contributed by atoms with Crippen LogP contribution in [0.1, 0.15) is 39.4 Å². The van der Waals surface area contributed by atoms with Crippen molar-refractivity contribution in [2.45, 2.75) is 32.8 Å². The third kappa shape index (κ3) is 2.34. The highest BCUT2D eigenvalue weighted by atomic mass is 16.3. The third-order valence-corrected chi connectivity index (χ3v) is 5.10. The maximum atomic E-state index is 13.0. The topological polar surface area (TPSA) is 95.2 Å². The van der Waals surface area contributed by atoms with Gasteiger partial charge in [0, 0.05) is 23.9 Å². The lowest BCUT2D eigenvalue weighted by Crippen LogP contribution is -2.34. The fourth-order valence-electron chi connectivity index (χ4n) is 3.62. The van der Waals surface area contributed by atoms with E-state index in [0.29, 0.717) is 24.4 Å². The molecule has 1 fully saturated rings. The lowest BCUT2D eigenvalue weighted by Gasteiger charge is -2.20. The van der Waals surface area contributed by atoms with E-state index in [1.54, 1.807) is 4.90 Å². The Hall–Kier alpha value is -2.67. The monoisotopic (exact) mass is 340 g/mol. The molecule has 1 aromatic carbocycles. The van der Waals surface area contributed by atoms with Crippen LogP contribution in [-0.2, 0) is 5.60 Å². The highest BCUT2D eigenvalue weighted by Crippen LogP contribution is 2.34. The van der Waals surface area contributed by atoms with Gasteiger partial charge in [0.05, 0.1) is 12.7 Å². The summed E-state index contributed by atoms with van der Waals surface area (Å²) in [6.07, 6.45) is 1.91. The molecule has 1 aliphatic rings. The van der Waals surface area contributed by atoms with Gasteiger partial charge in [0.15, 0.2) is 5.76 Å². The number of β-amino-alcohol motifs (C(OH)–C–C–N with tert-alkyl or cyclic N) is 1. The normalized spacial score (nSPS) is 20.6. The average molecular weight is 340 g/mol. The van der Waals surface area contributed by atoms with Crippen LogP contribution in [0, 0.1) is 20.8 Å². The zero-order chi connectivity index (χ0) is 17.8. The number of nitrogens with one attached hydrogen (secondary N) is 1. The van der Waals surface area contributed by atoms with Crippen LogP contribution < -0.4 is 0 Å². The van der Waals surface area contributed by atoms with Crippen LogP contribution in [0.4, 0.5) is 0 Å². The fraction of sp³-hybridized carbons (Fsp3) is 0.389. The summed E-state index contributed by atoms with van der Waals surface area (Å²) in [4.78, 5) is 14.6. The Labute approximate surface area is 144 Å². The second-order valence-electron chi connectivity index (χ2n) is 6.82. The number of carbonyl (C=O) groups is 1. The molecule has 7 heteroatoms. The maximum absolute atomic E-state index is 13.0. The van der Waals surface area contributed by atoms with Crippen LogP contribution in [-0.4, -0.2) is 44.4 Å². The van der Waals surface area contributed by atoms with Crippen LogP contribution >= 0.6 is 0 Å². The number of aliphatic hydroxyl groups is 1. The van der Waals surface area contributed by atoms with E-state index in [-0.39, 0.29) is 12.5 Å². The Bertz CT molecular complexity index is 961. The summed E-state index contributed by atoms with van der Waals surface area (Å²) < 4.78 is 5.94. The van der Waals surface area contributed by atoms with Crippen molar-refractivity contribution in [3.63, 3.8) is 0 Å². The number of hydrogen-bond acceptors (Lipinski definition) is 5. The number of likely N-dealkylation sites (tertiary alicyclic amines) is 1. The van der Waals surface area contributed by atoms with Crippen molar-refractivity contribution in [2.75, 3.05) is 13.1 Å². The number of benzene rings is 1. The van der Waals surface area contributed by atoms with Crippen LogP contribution in [0.2, 0.25) is 0 Å². The molecular weight excluding hydrogens is 320 g/mol. The molecule has 3 aromatic rings. The molecule has 4 rings (SSSR count). The van der Waals surface area contributed by atoms with E-state index in [1.807, 2.05) is 32.9 Å². The zero-order valence-electron chi connectivity index (χ0n) is 14.5. The molecule has 0 saturated carbocycles. The lowest BCUT2D eigenvalue weighted by molar-refractivity contribution is 0.0374. The smallest absolute Gasteiger partial charge is 0.290 e. The molecule has 0 unspecified atom stereocenters. The third-order valence-electron chi connectivity index (χ3n) is 5.10. The van der Waals surface area contributed by atoms with Crippen molar-refractivity contribution in [2.24, 2.45) is 0 Å². The van der Waals surface area contributed by atoms with E-state index in [1.165, 1.54) is 6.20 Å². The molecule has 1 amide bonds. The molecule has 25 heavy (non-hydrogen) atoms. The van der Waals surface area contributed by atoms with Gasteiger partial charge in [-0.1, -0.05) is 12.1 Å². The number of hydrogen-bond donors (Lipinski definition) is 2. The van der Waals surface area contributed by atoms with E-state index in [0.717, 1.165) is 27.7 Å². The molecule has 0 radical (unpaired) electrons. The van der Waals surface area contributed by atoms with Gasteiger partial charge < -0.3 is 14.4 Å². The van der Waals surface area contributed by atoms with Crippen molar-refractivity contribution in [3.05, 3.63) is 46.5 Å². The summed E-state index contributed by atoms with van der Waals surface area (Å²) in [6.45, 7) is 6.50. The number of nitrogens with zero attached hydrogens (tertiary/aromatic N) is 3. The van der Waals surface area contributed by atoms with Gasteiger partial charge in [0.1, 0.15) is 16.9 Å². The highest BCUT2D eigenvalue weighted by Gasteiger charge is 2.42. The first-order chi connectivity index (χ1) is 11.9. The van der Waals surface area contributed by atoms with E-state index in [9.17, 15) is 9.90 Å². The number of amides is 1. The predicted molar refractivity (Wildman–Crippen MR) is 91.2 cm³/mol. The minimum Gasteiger partial charge on any atom is -0.450 e. The second kappa shape index (κ2) is 5.42. The standard InChI is InChI=1S/C18H20N4O3/c1-10-4-5-11(2)15-14(10)12(3)16(25-15)17(23)22-7-6-18(24,9-22)13-8-19-21-20-13/h4-5,8,24H,6-7,9H2,1-3H3,(H,19,20,21)/t18-/m1/s1. The van der Waals surface area contributed by atoms with Gasteiger partial charge in [0.2, 0.25) is 0 Å². The first-order valence-electron chi connectivity index (χ1n) is 8.28. The van der Waals surface area contributed by atoms with E-state index < -0.39 is 5.60 Å². The van der Waals surface area contributed by atoms with Crippen molar-refractivity contribution in [1.29, 1.82) is 0 Å². The van der Waals surface area contributed by atoms with Crippen molar-refractivity contribution in [3.8, 4) is 0 Å². The number of rotatable bonds is 2. The van der Waals surface area contributed by atoms with Crippen molar-refractivity contribution in [1.82, 2.24) is 20.3 Å². The summed E-state index contributed by atoms with van der Waals surface area (Å²) in [6, 6.07) is 4.03. The van der Waals surface area contributed by atoms with Gasteiger partial charge in [-0.2, -0.15) is 15.4 Å². The van der Waals surface area contributed by atoms with Crippen molar-refractivity contribution < 1.29 is 14.3 Å². The Morgan fingerprint density at radius 2 is 2.08 bits per heavy atom. The minimum atomic E-state index is -1.17. The molecule has 3 heterocycles. The van der Waals surface area contributed by atoms with Gasteiger partial charge in [-0.05, 0) is 31.9 Å². The SMILES string of the molecule is Cc1ccc(C)c2c(C)c(C(=O)N3CC[C@](O)(c4cn[nH]n4)C3)oc12. The zero-order valence-corrected chi connectivity index (χ0v) is 14.5. The van der Waals surface area contributed by atoms with E-state index in [2.05, 4.69) is 15.4 Å². The molecule has 2 N–H and O–H groups in total. The first-order valence-corrected chi connectivity index (χ1v) is 8.28. The Balaban J connectivity index is 1.69. The molecule has 2 aromatic heterocycles. The number of carbonyl (C=O) groups excluding carboxylic acids is 1. The fourth-order valence-corrected chi connectivity index (χ4v) is 3.62. The number of furan rings is 1. The van der Waals surface area contributed by atoms with Gasteiger partial charge in [-0.3, -0.25) is 4.79 Å². The van der Waals surface area contributed by atoms with Crippen LogP contribution in [0.5, 0.6) is 0 Å². The Morgan fingerprint density at radius 3 is 2.76 bits per heavy atom. The lowest BCUT2D eigenvalue weighted by atomic mass is 10.00. The van der Waals surface area contributed by atoms with Crippen LogP contribution in [0.3, 0.4) is 0 Å². The molecule has 0 spiro atoms. The molecule has 0 bridgehead atoms. The number of aryl methyl sites for hydroxylation is 3. The van der Waals surface area contributed by atoms with E-state index in [4.69, 9.17) is 4.42 Å². The molecule has 0 aliphatic carbocycles. The van der Waals surface area contributed by atoms with Gasteiger partial charge >= 0.3 is 0 Å². The van der Waals surface area contributed by atoms with Crippen LogP contribution in [0.25, 0.3) is 11.0 Å². The highest BCUT2D eigenvalue weighted by molar-refractivity contribution is 6.00. The second-order valence-corrected chi connectivity index (χ2v) is 6.82. The summed E-state index contributed by atoms with van der Waals surface area (Å²) in [5.41, 5.74) is 2.97. The van der Waals surface area contributed by atoms with E-state index >= 15 is 0 Å². The molecule has 1 saturated heterocycles. The molecule has 7 nitrogen and oxygen atoms in total. The quantitative estimate of drug-likeness (QED) is 0.746. The number of H-pyrrole nitrogens is 1. The average Bonchev–Trinajstić information content (AvgIpc) is 3.30. The Morgan fingerprint density at radius 1 is 1.32 bits per heavy atom. The van der Waals surface area contributed by atoms with Crippen molar-refractivity contribution >= 4 is 16.9 Å². The van der Waals surface area contributed by atoms with Gasteiger partial charge in [-0.25, -0.2) is 0 Å². The molecule has 1 atom stereocenters. The molecule has 130 valence electrons. The summed E-state index contributed by atoms with van der Waals surface area (Å²) in [5, 5.41) is 22.0. The number of fused-ring (bicyclic) bond motifs is 1. The maximum Gasteiger partial charge on any atom is 0.290 e. The largest absolute Gasteiger partial charge is 0.450 e. The minimum absolute atomic E-state index is 0.173. The molecular formula is C18H20N4O3. The number of aromatic nitrogens is 3. The summed E-state index contributed by atoms with van der Waals surface area (Å²) >= 11 is 0.